The maximum absolute atomic E-state index is 9.54. The number of ether oxygens (including phenoxy) is 1. The second kappa shape index (κ2) is 7.08. The van der Waals surface area contributed by atoms with Crippen molar-refractivity contribution in [1.29, 1.82) is 0 Å². The summed E-state index contributed by atoms with van der Waals surface area (Å²) in [6, 6.07) is 16.0. The van der Waals surface area contributed by atoms with Crippen LogP contribution < -0.4 is 10.1 Å². The number of nitrogens with one attached hydrogen (secondary N) is 1. The zero-order valence-electron chi connectivity index (χ0n) is 12.0. The van der Waals surface area contributed by atoms with Crippen LogP contribution in [0.4, 0.5) is 0 Å². The Hall–Kier alpha value is -1.84. The lowest BCUT2D eigenvalue weighted by Gasteiger charge is -2.18. The highest BCUT2D eigenvalue weighted by atomic mass is 16.5. The van der Waals surface area contributed by atoms with E-state index in [1.807, 2.05) is 42.5 Å². The predicted octanol–water partition coefficient (Wildman–Crippen LogP) is 2.83. The molecule has 0 radical (unpaired) electrons. The van der Waals surface area contributed by atoms with Crippen LogP contribution in [0.3, 0.4) is 0 Å². The first kappa shape index (κ1) is 14.6. The molecule has 2 aromatic carbocycles. The maximum Gasteiger partial charge on any atom is 0.123 e. The first-order valence-corrected chi connectivity index (χ1v) is 6.77. The molecular formula is C17H21NO2. The normalized spacial score (nSPS) is 12.2. The van der Waals surface area contributed by atoms with Gasteiger partial charge in [0.25, 0.3) is 0 Å². The molecule has 2 aromatic rings. The van der Waals surface area contributed by atoms with Crippen LogP contribution in [0.1, 0.15) is 22.7 Å². The minimum absolute atomic E-state index is 0.0676. The van der Waals surface area contributed by atoms with E-state index in [-0.39, 0.29) is 12.6 Å². The van der Waals surface area contributed by atoms with E-state index in [2.05, 4.69) is 18.3 Å². The van der Waals surface area contributed by atoms with E-state index in [4.69, 9.17) is 4.74 Å². The molecule has 3 heteroatoms. The Kier molecular flexibility index (Phi) is 5.16. The topological polar surface area (TPSA) is 41.5 Å². The van der Waals surface area contributed by atoms with Gasteiger partial charge in [-0.2, -0.15) is 0 Å². The third-order valence-corrected chi connectivity index (χ3v) is 3.36. The lowest BCUT2D eigenvalue weighted by Crippen LogP contribution is -2.24. The standard InChI is InChI=1S/C17H21NO2/c1-13-8-9-17(20-2)15(10-13)11-18-16(12-19)14-6-4-3-5-7-14/h3-10,16,18-19H,11-12H2,1-2H3/t16-/m0/s1. The number of methoxy groups -OCH3 is 1. The third kappa shape index (κ3) is 3.59. The smallest absolute Gasteiger partial charge is 0.123 e. The SMILES string of the molecule is COc1ccc(C)cc1CN[C@@H](CO)c1ccccc1. The largest absolute Gasteiger partial charge is 0.496 e. The highest BCUT2D eigenvalue weighted by molar-refractivity contribution is 5.37. The van der Waals surface area contributed by atoms with Crippen LogP contribution in [0.25, 0.3) is 0 Å². The summed E-state index contributed by atoms with van der Waals surface area (Å²) in [5, 5.41) is 12.9. The number of aliphatic hydroxyl groups is 1. The molecule has 0 bridgehead atoms. The van der Waals surface area contributed by atoms with Gasteiger partial charge < -0.3 is 15.2 Å². The van der Waals surface area contributed by atoms with Crippen LogP contribution in [0, 0.1) is 6.92 Å². The van der Waals surface area contributed by atoms with E-state index in [1.165, 1.54) is 5.56 Å². The van der Waals surface area contributed by atoms with Crippen LogP contribution >= 0.6 is 0 Å². The van der Waals surface area contributed by atoms with Gasteiger partial charge in [-0.3, -0.25) is 0 Å². The Balaban J connectivity index is 2.09. The second-order valence-corrected chi connectivity index (χ2v) is 4.84. The fraction of sp³-hybridized carbons (Fsp3) is 0.294. The monoisotopic (exact) mass is 271 g/mol. The molecule has 1 atom stereocenters. The molecule has 0 aromatic heterocycles. The fourth-order valence-corrected chi connectivity index (χ4v) is 2.25. The van der Waals surface area contributed by atoms with E-state index < -0.39 is 0 Å². The Labute approximate surface area is 120 Å². The van der Waals surface area contributed by atoms with E-state index in [0.717, 1.165) is 16.9 Å². The molecule has 0 saturated carbocycles. The lowest BCUT2D eigenvalue weighted by atomic mass is 10.1. The molecule has 0 aliphatic rings. The molecule has 0 spiro atoms. The second-order valence-electron chi connectivity index (χ2n) is 4.84. The van der Waals surface area contributed by atoms with Gasteiger partial charge in [0.15, 0.2) is 0 Å². The van der Waals surface area contributed by atoms with E-state index in [9.17, 15) is 5.11 Å². The number of benzene rings is 2. The van der Waals surface area contributed by atoms with Crippen LogP contribution in [0.5, 0.6) is 5.75 Å². The fourth-order valence-electron chi connectivity index (χ4n) is 2.25. The molecule has 20 heavy (non-hydrogen) atoms. The van der Waals surface area contributed by atoms with Crippen molar-refractivity contribution in [2.45, 2.75) is 19.5 Å². The van der Waals surface area contributed by atoms with Gasteiger partial charge in [0.05, 0.1) is 19.8 Å². The van der Waals surface area contributed by atoms with Gasteiger partial charge in [-0.1, -0.05) is 48.0 Å². The maximum atomic E-state index is 9.54. The van der Waals surface area contributed by atoms with Gasteiger partial charge in [0.1, 0.15) is 5.75 Å². The number of hydrogen-bond acceptors (Lipinski definition) is 3. The average molecular weight is 271 g/mol. The molecule has 0 amide bonds. The summed E-state index contributed by atoms with van der Waals surface area (Å²) in [4.78, 5) is 0. The van der Waals surface area contributed by atoms with Crippen molar-refractivity contribution in [3.63, 3.8) is 0 Å². The number of rotatable bonds is 6. The highest BCUT2D eigenvalue weighted by Gasteiger charge is 2.10. The molecule has 0 heterocycles. The quantitative estimate of drug-likeness (QED) is 0.849. The zero-order chi connectivity index (χ0) is 14.4. The highest BCUT2D eigenvalue weighted by Crippen LogP contribution is 2.21. The summed E-state index contributed by atoms with van der Waals surface area (Å²) in [6.45, 7) is 2.78. The Morgan fingerprint density at radius 1 is 1.15 bits per heavy atom. The summed E-state index contributed by atoms with van der Waals surface area (Å²) < 4.78 is 5.37. The van der Waals surface area contributed by atoms with Gasteiger partial charge in [-0.05, 0) is 18.6 Å². The van der Waals surface area contributed by atoms with E-state index in [0.29, 0.717) is 6.54 Å². The van der Waals surface area contributed by atoms with Crippen molar-refractivity contribution in [2.75, 3.05) is 13.7 Å². The summed E-state index contributed by atoms with van der Waals surface area (Å²) in [7, 11) is 1.68. The summed E-state index contributed by atoms with van der Waals surface area (Å²) in [6.07, 6.45) is 0. The van der Waals surface area contributed by atoms with Crippen LogP contribution in [-0.2, 0) is 6.54 Å². The Bertz CT molecular complexity index is 540. The number of hydrogen-bond donors (Lipinski definition) is 2. The first-order valence-electron chi connectivity index (χ1n) is 6.77. The van der Waals surface area contributed by atoms with Crippen LogP contribution in [0.2, 0.25) is 0 Å². The van der Waals surface area contributed by atoms with E-state index >= 15 is 0 Å². The number of aliphatic hydroxyl groups excluding tert-OH is 1. The third-order valence-electron chi connectivity index (χ3n) is 3.36. The first-order chi connectivity index (χ1) is 9.74. The Morgan fingerprint density at radius 3 is 2.55 bits per heavy atom. The Morgan fingerprint density at radius 2 is 1.90 bits per heavy atom. The van der Waals surface area contributed by atoms with Crippen LogP contribution in [-0.4, -0.2) is 18.8 Å². The summed E-state index contributed by atoms with van der Waals surface area (Å²) in [5.74, 6) is 0.868. The molecule has 0 aliphatic heterocycles. The van der Waals surface area contributed by atoms with Crippen molar-refractivity contribution in [3.8, 4) is 5.75 Å². The molecule has 2 rings (SSSR count). The van der Waals surface area contributed by atoms with Crippen molar-refractivity contribution in [3.05, 3.63) is 65.2 Å². The van der Waals surface area contributed by atoms with Crippen molar-refractivity contribution < 1.29 is 9.84 Å². The minimum atomic E-state index is -0.0681. The molecule has 2 N–H and O–H groups in total. The van der Waals surface area contributed by atoms with Gasteiger partial charge >= 0.3 is 0 Å². The van der Waals surface area contributed by atoms with Gasteiger partial charge in [0, 0.05) is 12.1 Å². The van der Waals surface area contributed by atoms with Gasteiger partial charge in [-0.25, -0.2) is 0 Å². The van der Waals surface area contributed by atoms with Crippen molar-refractivity contribution in [1.82, 2.24) is 5.32 Å². The van der Waals surface area contributed by atoms with E-state index in [1.54, 1.807) is 7.11 Å². The van der Waals surface area contributed by atoms with Crippen molar-refractivity contribution in [2.24, 2.45) is 0 Å². The zero-order valence-corrected chi connectivity index (χ0v) is 12.0. The molecule has 0 saturated heterocycles. The van der Waals surface area contributed by atoms with Gasteiger partial charge in [-0.15, -0.1) is 0 Å². The predicted molar refractivity (Wildman–Crippen MR) is 80.8 cm³/mol. The summed E-state index contributed by atoms with van der Waals surface area (Å²) in [5.41, 5.74) is 3.38. The van der Waals surface area contributed by atoms with Crippen molar-refractivity contribution >= 4 is 0 Å². The number of aryl methyl sites for hydroxylation is 1. The van der Waals surface area contributed by atoms with Crippen LogP contribution in [0.15, 0.2) is 48.5 Å². The average Bonchev–Trinajstić information content (AvgIpc) is 2.49. The molecule has 106 valence electrons. The molecular weight excluding hydrogens is 250 g/mol. The molecule has 0 fully saturated rings. The molecule has 0 aliphatic carbocycles. The lowest BCUT2D eigenvalue weighted by molar-refractivity contribution is 0.243. The minimum Gasteiger partial charge on any atom is -0.496 e. The summed E-state index contributed by atoms with van der Waals surface area (Å²) >= 11 is 0. The van der Waals surface area contributed by atoms with Gasteiger partial charge in [0.2, 0.25) is 0 Å². The molecule has 3 nitrogen and oxygen atoms in total. The molecule has 0 unspecified atom stereocenters.